The van der Waals surface area contributed by atoms with Crippen LogP contribution in [0.25, 0.3) is 10.8 Å². The van der Waals surface area contributed by atoms with Crippen LogP contribution in [0.3, 0.4) is 0 Å². The standard InChI is InChI=1S/C22H25N3O4/c1-2-10-25(14-17-6-4-11-27-17)22(26)20-12-18(29-24-20)15-28-21-7-3-5-16-13-23-9-8-19(16)21/h3,5,7-9,12-13,17H,2,4,6,10-11,14-15H2,1H3. The fraction of sp³-hybridized carbons (Fsp3) is 0.409. The molecule has 1 amide bonds. The number of hydrogen-bond donors (Lipinski definition) is 0. The SMILES string of the molecule is CCCN(CC1CCCO1)C(=O)c1cc(COc2cccc3cnccc23)on1. The molecule has 29 heavy (non-hydrogen) atoms. The van der Waals surface area contributed by atoms with Crippen molar-refractivity contribution in [2.75, 3.05) is 19.7 Å². The number of pyridine rings is 1. The molecule has 3 aromatic rings. The van der Waals surface area contributed by atoms with Gasteiger partial charge in [-0.1, -0.05) is 24.2 Å². The molecule has 152 valence electrons. The minimum absolute atomic E-state index is 0.112. The fourth-order valence-electron chi connectivity index (χ4n) is 3.59. The summed E-state index contributed by atoms with van der Waals surface area (Å²) in [6, 6.07) is 9.37. The van der Waals surface area contributed by atoms with Crippen LogP contribution in [0.5, 0.6) is 5.75 Å². The highest BCUT2D eigenvalue weighted by atomic mass is 16.5. The molecule has 4 rings (SSSR count). The molecule has 0 saturated carbocycles. The molecule has 7 heteroatoms. The summed E-state index contributed by atoms with van der Waals surface area (Å²) in [6.45, 7) is 4.28. The molecule has 1 atom stereocenters. The minimum Gasteiger partial charge on any atom is -0.485 e. The number of fused-ring (bicyclic) bond motifs is 1. The monoisotopic (exact) mass is 395 g/mol. The Balaban J connectivity index is 1.42. The molecule has 1 aliphatic heterocycles. The zero-order valence-electron chi connectivity index (χ0n) is 16.5. The van der Waals surface area contributed by atoms with Crippen LogP contribution in [-0.4, -0.2) is 46.7 Å². The maximum atomic E-state index is 12.9. The number of carbonyl (C=O) groups is 1. The number of carbonyl (C=O) groups excluding carboxylic acids is 1. The van der Waals surface area contributed by atoms with E-state index in [1.54, 1.807) is 23.4 Å². The maximum Gasteiger partial charge on any atom is 0.276 e. The number of hydrogen-bond acceptors (Lipinski definition) is 6. The molecule has 3 heterocycles. The number of rotatable bonds is 8. The molecular formula is C22H25N3O4. The number of nitrogens with zero attached hydrogens (tertiary/aromatic N) is 3. The molecule has 1 fully saturated rings. The van der Waals surface area contributed by atoms with E-state index in [1.807, 2.05) is 24.3 Å². The molecule has 1 aliphatic rings. The van der Waals surface area contributed by atoms with Gasteiger partial charge in [-0.05, 0) is 31.4 Å². The summed E-state index contributed by atoms with van der Waals surface area (Å²) < 4.78 is 16.9. The van der Waals surface area contributed by atoms with Gasteiger partial charge in [-0.2, -0.15) is 0 Å². The second kappa shape index (κ2) is 9.05. The van der Waals surface area contributed by atoms with Crippen molar-refractivity contribution >= 4 is 16.7 Å². The van der Waals surface area contributed by atoms with E-state index in [9.17, 15) is 4.79 Å². The maximum absolute atomic E-state index is 12.9. The highest BCUT2D eigenvalue weighted by Gasteiger charge is 2.25. The second-order valence-electron chi connectivity index (χ2n) is 7.21. The van der Waals surface area contributed by atoms with Crippen LogP contribution >= 0.6 is 0 Å². The van der Waals surface area contributed by atoms with E-state index in [0.29, 0.717) is 24.5 Å². The van der Waals surface area contributed by atoms with Gasteiger partial charge in [0.25, 0.3) is 5.91 Å². The molecule has 1 saturated heterocycles. The van der Waals surface area contributed by atoms with Crippen molar-refractivity contribution in [3.63, 3.8) is 0 Å². The van der Waals surface area contributed by atoms with Gasteiger partial charge in [0.1, 0.15) is 12.4 Å². The first-order valence-electron chi connectivity index (χ1n) is 10.1. The number of benzene rings is 1. The zero-order valence-corrected chi connectivity index (χ0v) is 16.5. The van der Waals surface area contributed by atoms with Gasteiger partial charge < -0.3 is 18.9 Å². The summed E-state index contributed by atoms with van der Waals surface area (Å²) in [6.07, 6.45) is 6.56. The predicted molar refractivity (Wildman–Crippen MR) is 108 cm³/mol. The largest absolute Gasteiger partial charge is 0.485 e. The lowest BCUT2D eigenvalue weighted by atomic mass is 10.1. The van der Waals surface area contributed by atoms with Crippen LogP contribution in [-0.2, 0) is 11.3 Å². The van der Waals surface area contributed by atoms with Crippen molar-refractivity contribution in [2.24, 2.45) is 0 Å². The first-order chi connectivity index (χ1) is 14.2. The van der Waals surface area contributed by atoms with Crippen molar-refractivity contribution in [2.45, 2.75) is 38.9 Å². The van der Waals surface area contributed by atoms with Gasteiger partial charge in [-0.15, -0.1) is 0 Å². The summed E-state index contributed by atoms with van der Waals surface area (Å²) >= 11 is 0. The Bertz CT molecular complexity index is 960. The smallest absolute Gasteiger partial charge is 0.276 e. The normalized spacial score (nSPS) is 16.2. The van der Waals surface area contributed by atoms with E-state index in [4.69, 9.17) is 14.0 Å². The average molecular weight is 395 g/mol. The molecule has 0 radical (unpaired) electrons. The summed E-state index contributed by atoms with van der Waals surface area (Å²) in [7, 11) is 0. The van der Waals surface area contributed by atoms with Gasteiger partial charge in [0.2, 0.25) is 0 Å². The number of aromatic nitrogens is 2. The third kappa shape index (κ3) is 4.56. The summed E-state index contributed by atoms with van der Waals surface area (Å²) in [4.78, 5) is 18.8. The molecular weight excluding hydrogens is 370 g/mol. The van der Waals surface area contributed by atoms with Crippen LogP contribution in [0.4, 0.5) is 0 Å². The molecule has 1 aromatic carbocycles. The van der Waals surface area contributed by atoms with Crippen LogP contribution < -0.4 is 4.74 Å². The Hall–Kier alpha value is -2.93. The first kappa shape index (κ1) is 19.4. The van der Waals surface area contributed by atoms with Gasteiger partial charge in [-0.25, -0.2) is 0 Å². The highest BCUT2D eigenvalue weighted by Crippen LogP contribution is 2.25. The lowest BCUT2D eigenvalue weighted by Gasteiger charge is -2.24. The zero-order chi connectivity index (χ0) is 20.1. The van der Waals surface area contributed by atoms with E-state index in [-0.39, 0.29) is 18.6 Å². The molecule has 0 bridgehead atoms. The van der Waals surface area contributed by atoms with Crippen LogP contribution in [0.2, 0.25) is 0 Å². The van der Waals surface area contributed by atoms with E-state index in [1.165, 1.54) is 0 Å². The van der Waals surface area contributed by atoms with Crippen molar-refractivity contribution in [1.82, 2.24) is 15.0 Å². The fourth-order valence-corrected chi connectivity index (χ4v) is 3.59. The second-order valence-corrected chi connectivity index (χ2v) is 7.21. The van der Waals surface area contributed by atoms with Crippen molar-refractivity contribution in [1.29, 1.82) is 0 Å². The Kier molecular flexibility index (Phi) is 6.05. The quantitative estimate of drug-likeness (QED) is 0.577. The lowest BCUT2D eigenvalue weighted by molar-refractivity contribution is 0.0518. The summed E-state index contributed by atoms with van der Waals surface area (Å²) in [5.74, 6) is 1.11. The predicted octanol–water partition coefficient (Wildman–Crippen LogP) is 3.83. The van der Waals surface area contributed by atoms with E-state index in [2.05, 4.69) is 17.1 Å². The number of ether oxygens (including phenoxy) is 2. The number of amides is 1. The summed E-state index contributed by atoms with van der Waals surface area (Å²) in [5, 5.41) is 5.95. The third-order valence-electron chi connectivity index (χ3n) is 5.02. The van der Waals surface area contributed by atoms with Crippen molar-refractivity contribution < 1.29 is 18.8 Å². The van der Waals surface area contributed by atoms with E-state index in [0.717, 1.165) is 42.4 Å². The third-order valence-corrected chi connectivity index (χ3v) is 5.02. The Labute approximate surface area is 169 Å². The van der Waals surface area contributed by atoms with Gasteiger partial charge >= 0.3 is 0 Å². The van der Waals surface area contributed by atoms with Gasteiger partial charge in [0, 0.05) is 48.9 Å². The molecule has 0 aliphatic carbocycles. The molecule has 0 N–H and O–H groups in total. The van der Waals surface area contributed by atoms with Gasteiger partial charge in [-0.3, -0.25) is 9.78 Å². The Morgan fingerprint density at radius 2 is 2.28 bits per heavy atom. The lowest BCUT2D eigenvalue weighted by Crippen LogP contribution is -2.38. The molecule has 2 aromatic heterocycles. The van der Waals surface area contributed by atoms with Crippen LogP contribution in [0, 0.1) is 0 Å². The molecule has 1 unspecified atom stereocenters. The van der Waals surface area contributed by atoms with Gasteiger partial charge in [0.05, 0.1) is 6.10 Å². The Morgan fingerprint density at radius 3 is 3.10 bits per heavy atom. The van der Waals surface area contributed by atoms with Crippen molar-refractivity contribution in [3.05, 3.63) is 54.2 Å². The summed E-state index contributed by atoms with van der Waals surface area (Å²) in [5.41, 5.74) is 0.303. The van der Waals surface area contributed by atoms with Crippen LogP contribution in [0.1, 0.15) is 42.4 Å². The minimum atomic E-state index is -0.131. The topological polar surface area (TPSA) is 77.7 Å². The average Bonchev–Trinajstić information content (AvgIpc) is 3.43. The van der Waals surface area contributed by atoms with Gasteiger partial charge in [0.15, 0.2) is 11.5 Å². The molecule has 0 spiro atoms. The van der Waals surface area contributed by atoms with E-state index >= 15 is 0 Å². The van der Waals surface area contributed by atoms with Crippen LogP contribution in [0.15, 0.2) is 47.2 Å². The first-order valence-corrected chi connectivity index (χ1v) is 10.1. The highest BCUT2D eigenvalue weighted by molar-refractivity contribution is 5.92. The Morgan fingerprint density at radius 1 is 1.34 bits per heavy atom. The van der Waals surface area contributed by atoms with E-state index < -0.39 is 0 Å². The molecule has 7 nitrogen and oxygen atoms in total. The van der Waals surface area contributed by atoms with Crippen molar-refractivity contribution in [3.8, 4) is 5.75 Å².